The molecule has 1 atom stereocenters. The first kappa shape index (κ1) is 14.3. The standard InChI is InChI=1S/C13H14F2O3S/c14-9-1-2-12(15)11(7-9)13(16)8-19(17)10-3-5-18-6-4-10/h1-2,7,10H,3-6,8H2. The van der Waals surface area contributed by atoms with Crippen LogP contribution < -0.4 is 0 Å². The Morgan fingerprint density at radius 2 is 2.00 bits per heavy atom. The summed E-state index contributed by atoms with van der Waals surface area (Å²) >= 11 is 0. The number of ether oxygens (including phenoxy) is 1. The lowest BCUT2D eigenvalue weighted by molar-refractivity contribution is 0.0978. The first-order chi connectivity index (χ1) is 9.08. The van der Waals surface area contributed by atoms with Gasteiger partial charge in [0.15, 0.2) is 5.78 Å². The largest absolute Gasteiger partial charge is 0.381 e. The molecule has 1 aromatic rings. The van der Waals surface area contributed by atoms with Crippen molar-refractivity contribution < 1.29 is 22.5 Å². The molecule has 104 valence electrons. The first-order valence-electron chi connectivity index (χ1n) is 6.01. The topological polar surface area (TPSA) is 43.4 Å². The van der Waals surface area contributed by atoms with Crippen LogP contribution >= 0.6 is 0 Å². The van der Waals surface area contributed by atoms with Crippen molar-refractivity contribution in [3.8, 4) is 0 Å². The van der Waals surface area contributed by atoms with Crippen LogP contribution in [-0.2, 0) is 15.5 Å². The lowest BCUT2D eigenvalue weighted by atomic mass is 10.1. The molecule has 1 unspecified atom stereocenters. The highest BCUT2D eigenvalue weighted by Crippen LogP contribution is 2.16. The van der Waals surface area contributed by atoms with Crippen LogP contribution in [0.2, 0.25) is 0 Å². The van der Waals surface area contributed by atoms with Crippen molar-refractivity contribution in [1.29, 1.82) is 0 Å². The van der Waals surface area contributed by atoms with Gasteiger partial charge in [0.25, 0.3) is 0 Å². The minimum absolute atomic E-state index is 0.102. The van der Waals surface area contributed by atoms with Crippen LogP contribution in [0.4, 0.5) is 8.78 Å². The minimum atomic E-state index is -1.37. The zero-order valence-electron chi connectivity index (χ0n) is 10.2. The van der Waals surface area contributed by atoms with Gasteiger partial charge in [0.2, 0.25) is 0 Å². The van der Waals surface area contributed by atoms with Crippen LogP contribution in [0.15, 0.2) is 18.2 Å². The Kier molecular flexibility index (Phi) is 4.76. The second-order valence-electron chi connectivity index (χ2n) is 4.38. The molecule has 0 saturated carbocycles. The van der Waals surface area contributed by atoms with Gasteiger partial charge in [-0.15, -0.1) is 0 Å². The maximum atomic E-state index is 13.4. The van der Waals surface area contributed by atoms with E-state index in [1.807, 2.05) is 0 Å². The average Bonchev–Trinajstić information content (AvgIpc) is 2.42. The summed E-state index contributed by atoms with van der Waals surface area (Å²) in [7, 11) is -1.37. The third-order valence-electron chi connectivity index (χ3n) is 3.04. The molecular formula is C13H14F2O3S. The first-order valence-corrected chi connectivity index (χ1v) is 7.39. The Labute approximate surface area is 112 Å². The van der Waals surface area contributed by atoms with E-state index in [4.69, 9.17) is 4.74 Å². The van der Waals surface area contributed by atoms with Crippen LogP contribution in [0, 0.1) is 11.6 Å². The van der Waals surface area contributed by atoms with Crippen molar-refractivity contribution >= 4 is 16.6 Å². The molecule has 1 fully saturated rings. The zero-order chi connectivity index (χ0) is 13.8. The van der Waals surface area contributed by atoms with Crippen LogP contribution in [0.5, 0.6) is 0 Å². The number of benzene rings is 1. The van der Waals surface area contributed by atoms with Crippen LogP contribution in [0.25, 0.3) is 0 Å². The summed E-state index contributed by atoms with van der Waals surface area (Å²) in [5.41, 5.74) is -0.333. The molecule has 1 aliphatic heterocycles. The molecule has 0 spiro atoms. The third kappa shape index (κ3) is 3.67. The highest BCUT2D eigenvalue weighted by molar-refractivity contribution is 7.86. The Morgan fingerprint density at radius 1 is 1.32 bits per heavy atom. The number of hydrogen-bond acceptors (Lipinski definition) is 3. The number of carbonyl (C=O) groups is 1. The van der Waals surface area contributed by atoms with E-state index in [0.717, 1.165) is 18.2 Å². The lowest BCUT2D eigenvalue weighted by Gasteiger charge is -2.21. The highest BCUT2D eigenvalue weighted by atomic mass is 32.2. The maximum absolute atomic E-state index is 13.4. The monoisotopic (exact) mass is 288 g/mol. The van der Waals surface area contributed by atoms with E-state index < -0.39 is 28.2 Å². The zero-order valence-corrected chi connectivity index (χ0v) is 11.1. The van der Waals surface area contributed by atoms with Gasteiger partial charge in [0.1, 0.15) is 11.6 Å². The van der Waals surface area contributed by atoms with Crippen molar-refractivity contribution in [2.75, 3.05) is 19.0 Å². The molecule has 1 aliphatic rings. The van der Waals surface area contributed by atoms with E-state index in [1.54, 1.807) is 0 Å². The maximum Gasteiger partial charge on any atom is 0.178 e. The van der Waals surface area contributed by atoms with Crippen molar-refractivity contribution in [1.82, 2.24) is 0 Å². The molecule has 0 N–H and O–H groups in total. The van der Waals surface area contributed by atoms with E-state index in [0.29, 0.717) is 26.1 Å². The van der Waals surface area contributed by atoms with Gasteiger partial charge in [0, 0.05) is 29.3 Å². The van der Waals surface area contributed by atoms with Crippen LogP contribution in [0.1, 0.15) is 23.2 Å². The summed E-state index contributed by atoms with van der Waals surface area (Å²) in [4.78, 5) is 11.8. The molecule has 0 amide bonds. The smallest absolute Gasteiger partial charge is 0.178 e. The van der Waals surface area contributed by atoms with Gasteiger partial charge in [-0.3, -0.25) is 9.00 Å². The molecule has 0 bridgehead atoms. The Morgan fingerprint density at radius 3 is 2.68 bits per heavy atom. The molecule has 1 saturated heterocycles. The molecule has 3 nitrogen and oxygen atoms in total. The number of ketones is 1. The second-order valence-corrected chi connectivity index (χ2v) is 6.10. The summed E-state index contributed by atoms with van der Waals surface area (Å²) < 4.78 is 43.5. The predicted octanol–water partition coefficient (Wildman–Crippen LogP) is 2.08. The van der Waals surface area contributed by atoms with Gasteiger partial charge in [0.05, 0.1) is 11.3 Å². The fourth-order valence-corrected chi connectivity index (χ4v) is 3.34. The van der Waals surface area contributed by atoms with Gasteiger partial charge in [-0.25, -0.2) is 8.78 Å². The van der Waals surface area contributed by atoms with E-state index in [2.05, 4.69) is 0 Å². The van der Waals surface area contributed by atoms with Crippen LogP contribution in [-0.4, -0.2) is 34.2 Å². The molecule has 0 aromatic heterocycles. The number of carbonyl (C=O) groups excluding carboxylic acids is 1. The summed E-state index contributed by atoms with van der Waals surface area (Å²) in [6, 6.07) is 2.69. The quantitative estimate of drug-likeness (QED) is 0.797. The van der Waals surface area contributed by atoms with Crippen molar-refractivity contribution in [3.63, 3.8) is 0 Å². The summed E-state index contributed by atoms with van der Waals surface area (Å²) in [6.45, 7) is 1.05. The summed E-state index contributed by atoms with van der Waals surface area (Å²) in [5, 5.41) is -0.102. The number of Topliss-reactive ketones (excluding diaryl/α,β-unsaturated/α-hetero) is 1. The molecule has 2 rings (SSSR count). The van der Waals surface area contributed by atoms with E-state index in [9.17, 15) is 17.8 Å². The molecule has 0 aliphatic carbocycles. The third-order valence-corrected chi connectivity index (χ3v) is 4.80. The lowest BCUT2D eigenvalue weighted by Crippen LogP contribution is -2.28. The predicted molar refractivity (Wildman–Crippen MR) is 67.5 cm³/mol. The molecule has 19 heavy (non-hydrogen) atoms. The Bertz CT molecular complexity index is 499. The van der Waals surface area contributed by atoms with E-state index in [-0.39, 0.29) is 16.6 Å². The summed E-state index contributed by atoms with van der Waals surface area (Å²) in [5.74, 6) is -2.36. The van der Waals surface area contributed by atoms with Gasteiger partial charge in [-0.05, 0) is 31.0 Å². The Balaban J connectivity index is 2.04. The van der Waals surface area contributed by atoms with E-state index >= 15 is 0 Å². The number of halogens is 2. The van der Waals surface area contributed by atoms with Gasteiger partial charge in [-0.1, -0.05) is 0 Å². The average molecular weight is 288 g/mol. The minimum Gasteiger partial charge on any atom is -0.381 e. The number of rotatable bonds is 4. The highest BCUT2D eigenvalue weighted by Gasteiger charge is 2.24. The molecule has 1 heterocycles. The SMILES string of the molecule is O=C(CS(=O)C1CCOCC1)c1cc(F)ccc1F. The van der Waals surface area contributed by atoms with Crippen molar-refractivity contribution in [3.05, 3.63) is 35.4 Å². The molecule has 6 heteroatoms. The molecule has 0 radical (unpaired) electrons. The normalized spacial score (nSPS) is 18.2. The summed E-state index contributed by atoms with van der Waals surface area (Å²) in [6.07, 6.45) is 1.26. The fraction of sp³-hybridized carbons (Fsp3) is 0.462. The Hall–Kier alpha value is -1.14. The second kappa shape index (κ2) is 6.34. The number of hydrogen-bond donors (Lipinski definition) is 0. The van der Waals surface area contributed by atoms with Crippen molar-refractivity contribution in [2.24, 2.45) is 0 Å². The van der Waals surface area contributed by atoms with E-state index in [1.165, 1.54) is 0 Å². The molecule has 1 aromatic carbocycles. The van der Waals surface area contributed by atoms with Crippen molar-refractivity contribution in [2.45, 2.75) is 18.1 Å². The van der Waals surface area contributed by atoms with Gasteiger partial charge < -0.3 is 4.74 Å². The van der Waals surface area contributed by atoms with Crippen LogP contribution in [0.3, 0.4) is 0 Å². The molecular weight excluding hydrogens is 274 g/mol. The van der Waals surface area contributed by atoms with Gasteiger partial charge in [-0.2, -0.15) is 0 Å². The fourth-order valence-electron chi connectivity index (χ4n) is 1.97. The van der Waals surface area contributed by atoms with Gasteiger partial charge >= 0.3 is 0 Å².